The van der Waals surface area contributed by atoms with Gasteiger partial charge in [-0.1, -0.05) is 5.21 Å². The standard InChI is InChI=1S/C15H19N5O2/c21-15(12-2-1-5-16-12)19-6-7-20-14(8-19)13(17-18-20)10-22-9-11-3-4-11/h1-2,5,11,16H,3-4,6-10H2. The zero-order valence-electron chi connectivity index (χ0n) is 12.4. The molecule has 1 saturated carbocycles. The Morgan fingerprint density at radius 2 is 2.32 bits per heavy atom. The van der Waals surface area contributed by atoms with Crippen molar-refractivity contribution in [2.75, 3.05) is 13.2 Å². The molecule has 7 nitrogen and oxygen atoms in total. The lowest BCUT2D eigenvalue weighted by atomic mass is 10.2. The van der Waals surface area contributed by atoms with Crippen molar-refractivity contribution in [1.29, 1.82) is 0 Å². The molecule has 1 aliphatic heterocycles. The van der Waals surface area contributed by atoms with Gasteiger partial charge < -0.3 is 14.6 Å². The van der Waals surface area contributed by atoms with Gasteiger partial charge in [0.25, 0.3) is 5.91 Å². The van der Waals surface area contributed by atoms with Gasteiger partial charge in [0.05, 0.1) is 25.4 Å². The van der Waals surface area contributed by atoms with Crippen LogP contribution in [0.3, 0.4) is 0 Å². The summed E-state index contributed by atoms with van der Waals surface area (Å²) < 4.78 is 7.59. The molecule has 1 aliphatic carbocycles. The van der Waals surface area contributed by atoms with Crippen LogP contribution >= 0.6 is 0 Å². The summed E-state index contributed by atoms with van der Waals surface area (Å²) in [4.78, 5) is 17.2. The Labute approximate surface area is 128 Å². The van der Waals surface area contributed by atoms with Crippen LogP contribution in [0.25, 0.3) is 0 Å². The van der Waals surface area contributed by atoms with Gasteiger partial charge in [0.15, 0.2) is 0 Å². The molecule has 2 aromatic rings. The van der Waals surface area contributed by atoms with E-state index in [0.717, 1.165) is 23.9 Å². The van der Waals surface area contributed by atoms with Crippen LogP contribution in [0.15, 0.2) is 18.3 Å². The molecule has 1 fully saturated rings. The smallest absolute Gasteiger partial charge is 0.270 e. The summed E-state index contributed by atoms with van der Waals surface area (Å²) in [5, 5.41) is 8.38. The van der Waals surface area contributed by atoms with E-state index in [2.05, 4.69) is 15.3 Å². The lowest BCUT2D eigenvalue weighted by molar-refractivity contribution is 0.0694. The highest BCUT2D eigenvalue weighted by Crippen LogP contribution is 2.29. The first-order chi connectivity index (χ1) is 10.8. The number of nitrogens with one attached hydrogen (secondary N) is 1. The second-order valence-electron chi connectivity index (χ2n) is 5.97. The Hall–Kier alpha value is -2.15. The first-order valence-electron chi connectivity index (χ1n) is 7.73. The van der Waals surface area contributed by atoms with Crippen LogP contribution in [0, 0.1) is 5.92 Å². The van der Waals surface area contributed by atoms with Gasteiger partial charge in [-0.2, -0.15) is 0 Å². The van der Waals surface area contributed by atoms with E-state index in [4.69, 9.17) is 4.74 Å². The molecule has 2 aliphatic rings. The second kappa shape index (κ2) is 5.57. The quantitative estimate of drug-likeness (QED) is 0.900. The van der Waals surface area contributed by atoms with Gasteiger partial charge in [0, 0.05) is 19.3 Å². The van der Waals surface area contributed by atoms with Gasteiger partial charge in [-0.15, -0.1) is 5.10 Å². The monoisotopic (exact) mass is 301 g/mol. The van der Waals surface area contributed by atoms with Crippen LogP contribution in [0.5, 0.6) is 0 Å². The number of carbonyl (C=O) groups is 1. The molecule has 22 heavy (non-hydrogen) atoms. The number of rotatable bonds is 5. The summed E-state index contributed by atoms with van der Waals surface area (Å²) in [6.45, 7) is 3.15. The van der Waals surface area contributed by atoms with E-state index in [0.29, 0.717) is 31.9 Å². The second-order valence-corrected chi connectivity index (χ2v) is 5.97. The fourth-order valence-electron chi connectivity index (χ4n) is 2.72. The van der Waals surface area contributed by atoms with Crippen LogP contribution in [0.2, 0.25) is 0 Å². The highest BCUT2D eigenvalue weighted by molar-refractivity contribution is 5.92. The highest BCUT2D eigenvalue weighted by Gasteiger charge is 2.27. The Bertz CT molecular complexity index is 660. The minimum absolute atomic E-state index is 0.0160. The Kier molecular flexibility index (Phi) is 3.42. The van der Waals surface area contributed by atoms with Crippen molar-refractivity contribution in [3.05, 3.63) is 35.4 Å². The van der Waals surface area contributed by atoms with Gasteiger partial charge >= 0.3 is 0 Å². The van der Waals surface area contributed by atoms with Crippen LogP contribution in [-0.4, -0.2) is 43.9 Å². The van der Waals surface area contributed by atoms with Crippen molar-refractivity contribution in [3.63, 3.8) is 0 Å². The Morgan fingerprint density at radius 1 is 1.41 bits per heavy atom. The van der Waals surface area contributed by atoms with Gasteiger partial charge in [0.2, 0.25) is 0 Å². The minimum atomic E-state index is 0.0160. The maximum Gasteiger partial charge on any atom is 0.270 e. The fraction of sp³-hybridized carbons (Fsp3) is 0.533. The van der Waals surface area contributed by atoms with E-state index >= 15 is 0 Å². The number of ether oxygens (including phenoxy) is 1. The molecule has 0 aromatic carbocycles. The molecule has 0 spiro atoms. The van der Waals surface area contributed by atoms with Crippen LogP contribution in [0.1, 0.15) is 34.7 Å². The maximum absolute atomic E-state index is 12.4. The van der Waals surface area contributed by atoms with Crippen molar-refractivity contribution >= 4 is 5.91 Å². The van der Waals surface area contributed by atoms with Crippen LogP contribution in [0.4, 0.5) is 0 Å². The van der Waals surface area contributed by atoms with Crippen molar-refractivity contribution in [2.45, 2.75) is 32.5 Å². The number of H-pyrrole nitrogens is 1. The van der Waals surface area contributed by atoms with Crippen LogP contribution < -0.4 is 0 Å². The first kappa shape index (κ1) is 13.5. The topological polar surface area (TPSA) is 76.0 Å². The molecule has 0 unspecified atom stereocenters. The molecule has 0 atom stereocenters. The third-order valence-corrected chi connectivity index (χ3v) is 4.25. The molecular formula is C15H19N5O2. The summed E-state index contributed by atoms with van der Waals surface area (Å²) in [5.74, 6) is 0.750. The SMILES string of the molecule is O=C(c1ccc[nH]1)N1CCn2nnc(COCC3CC3)c2C1. The fourth-order valence-corrected chi connectivity index (χ4v) is 2.72. The zero-order chi connectivity index (χ0) is 14.9. The predicted octanol–water partition coefficient (Wildman–Crippen LogP) is 1.19. The molecule has 1 amide bonds. The summed E-state index contributed by atoms with van der Waals surface area (Å²) in [7, 11) is 0. The van der Waals surface area contributed by atoms with E-state index in [1.807, 2.05) is 15.6 Å². The number of aromatic nitrogens is 4. The van der Waals surface area contributed by atoms with E-state index in [1.54, 1.807) is 12.3 Å². The van der Waals surface area contributed by atoms with Gasteiger partial charge in [-0.05, 0) is 30.9 Å². The number of hydrogen-bond acceptors (Lipinski definition) is 4. The van der Waals surface area contributed by atoms with E-state index in [9.17, 15) is 4.79 Å². The summed E-state index contributed by atoms with van der Waals surface area (Å²) in [5.41, 5.74) is 2.46. The first-order valence-corrected chi connectivity index (χ1v) is 7.73. The molecule has 2 aromatic heterocycles. The van der Waals surface area contributed by atoms with Gasteiger partial charge in [-0.25, -0.2) is 4.68 Å². The molecule has 3 heterocycles. The molecule has 1 N–H and O–H groups in total. The summed E-state index contributed by atoms with van der Waals surface area (Å²) in [6, 6.07) is 3.63. The van der Waals surface area contributed by atoms with Gasteiger partial charge in [0.1, 0.15) is 11.4 Å². The third kappa shape index (κ3) is 2.64. The van der Waals surface area contributed by atoms with Crippen molar-refractivity contribution < 1.29 is 9.53 Å². The Balaban J connectivity index is 1.44. The maximum atomic E-state index is 12.4. The van der Waals surface area contributed by atoms with Crippen molar-refractivity contribution in [1.82, 2.24) is 24.9 Å². The average molecular weight is 301 g/mol. The molecule has 4 rings (SSSR count). The number of hydrogen-bond donors (Lipinski definition) is 1. The molecule has 0 radical (unpaired) electrons. The van der Waals surface area contributed by atoms with E-state index < -0.39 is 0 Å². The lowest BCUT2D eigenvalue weighted by Crippen LogP contribution is -2.39. The summed E-state index contributed by atoms with van der Waals surface area (Å²) in [6.07, 6.45) is 4.32. The normalized spacial score (nSPS) is 17.5. The third-order valence-electron chi connectivity index (χ3n) is 4.25. The number of nitrogens with zero attached hydrogens (tertiary/aromatic N) is 4. The largest absolute Gasteiger partial charge is 0.375 e. The molecule has 0 saturated heterocycles. The molecule has 0 bridgehead atoms. The van der Waals surface area contributed by atoms with E-state index in [1.165, 1.54) is 12.8 Å². The highest BCUT2D eigenvalue weighted by atomic mass is 16.5. The summed E-state index contributed by atoms with van der Waals surface area (Å²) >= 11 is 0. The number of aromatic amines is 1. The molecule has 116 valence electrons. The van der Waals surface area contributed by atoms with Crippen LogP contribution in [-0.2, 0) is 24.4 Å². The molecular weight excluding hydrogens is 282 g/mol. The van der Waals surface area contributed by atoms with E-state index in [-0.39, 0.29) is 5.91 Å². The minimum Gasteiger partial charge on any atom is -0.375 e. The predicted molar refractivity (Wildman–Crippen MR) is 77.9 cm³/mol. The Morgan fingerprint density at radius 3 is 3.09 bits per heavy atom. The van der Waals surface area contributed by atoms with Gasteiger partial charge in [-0.3, -0.25) is 4.79 Å². The van der Waals surface area contributed by atoms with Crippen molar-refractivity contribution in [3.8, 4) is 0 Å². The number of carbonyl (C=O) groups excluding carboxylic acids is 1. The molecule has 7 heteroatoms. The number of amides is 1. The lowest BCUT2D eigenvalue weighted by Gasteiger charge is -2.27. The van der Waals surface area contributed by atoms with Crippen molar-refractivity contribution in [2.24, 2.45) is 5.92 Å². The zero-order valence-corrected chi connectivity index (χ0v) is 12.4. The number of fused-ring (bicyclic) bond motifs is 1. The average Bonchev–Trinajstić information content (AvgIpc) is 3.05.